The second-order valence-electron chi connectivity index (χ2n) is 5.27. The van der Waals surface area contributed by atoms with Crippen molar-refractivity contribution in [1.29, 1.82) is 0 Å². The predicted molar refractivity (Wildman–Crippen MR) is 72.2 cm³/mol. The average Bonchev–Trinajstić information content (AvgIpc) is 2.83. The number of carbonyl (C=O) groups excluding carboxylic acids is 1. The SMILES string of the molecule is Cc1ccc(CN(C)C(=O)N2CCC[C@@H](C(=O)O)C2)o1. The molecule has 0 saturated carbocycles. The third kappa shape index (κ3) is 3.31. The minimum Gasteiger partial charge on any atom is -0.481 e. The predicted octanol–water partition coefficient (Wildman–Crippen LogP) is 1.94. The fourth-order valence-electron chi connectivity index (χ4n) is 2.47. The van der Waals surface area contributed by atoms with Crippen LogP contribution in [0.5, 0.6) is 0 Å². The molecule has 2 amide bonds. The number of nitrogens with zero attached hydrogens (tertiary/aromatic N) is 2. The second kappa shape index (κ2) is 5.98. The summed E-state index contributed by atoms with van der Waals surface area (Å²) in [7, 11) is 1.70. The highest BCUT2D eigenvalue weighted by molar-refractivity contribution is 5.76. The molecule has 2 heterocycles. The summed E-state index contributed by atoms with van der Waals surface area (Å²) in [4.78, 5) is 26.5. The van der Waals surface area contributed by atoms with E-state index in [2.05, 4.69) is 0 Å². The van der Waals surface area contributed by atoms with E-state index in [1.54, 1.807) is 16.8 Å². The number of hydrogen-bond donors (Lipinski definition) is 1. The van der Waals surface area contributed by atoms with Crippen LogP contribution in [0.4, 0.5) is 4.79 Å². The van der Waals surface area contributed by atoms with Crippen LogP contribution in [0.15, 0.2) is 16.5 Å². The van der Waals surface area contributed by atoms with Gasteiger partial charge in [0.2, 0.25) is 0 Å². The third-order valence-corrected chi connectivity index (χ3v) is 3.56. The number of aryl methyl sites for hydroxylation is 1. The van der Waals surface area contributed by atoms with Crippen LogP contribution < -0.4 is 0 Å². The molecule has 0 radical (unpaired) electrons. The van der Waals surface area contributed by atoms with Crippen molar-refractivity contribution in [2.24, 2.45) is 5.92 Å². The van der Waals surface area contributed by atoms with E-state index < -0.39 is 11.9 Å². The molecular formula is C14H20N2O4. The number of likely N-dealkylation sites (tertiary alicyclic amines) is 1. The Morgan fingerprint density at radius 3 is 2.85 bits per heavy atom. The quantitative estimate of drug-likeness (QED) is 0.918. The van der Waals surface area contributed by atoms with E-state index in [0.29, 0.717) is 19.5 Å². The van der Waals surface area contributed by atoms with E-state index >= 15 is 0 Å². The summed E-state index contributed by atoms with van der Waals surface area (Å²) in [6.07, 6.45) is 1.37. The number of amides is 2. The topological polar surface area (TPSA) is 74.0 Å². The lowest BCUT2D eigenvalue weighted by Crippen LogP contribution is -2.47. The highest BCUT2D eigenvalue weighted by Gasteiger charge is 2.29. The zero-order chi connectivity index (χ0) is 14.7. The van der Waals surface area contributed by atoms with Crippen LogP contribution in [0.25, 0.3) is 0 Å². The molecule has 110 valence electrons. The fraction of sp³-hybridized carbons (Fsp3) is 0.571. The molecule has 0 unspecified atom stereocenters. The van der Waals surface area contributed by atoms with E-state index in [4.69, 9.17) is 9.52 Å². The zero-order valence-electron chi connectivity index (χ0n) is 11.8. The molecule has 1 aliphatic heterocycles. The molecule has 0 spiro atoms. The van der Waals surface area contributed by atoms with Gasteiger partial charge in [-0.15, -0.1) is 0 Å². The largest absolute Gasteiger partial charge is 0.481 e. The normalized spacial score (nSPS) is 18.9. The minimum absolute atomic E-state index is 0.148. The van der Waals surface area contributed by atoms with Crippen molar-refractivity contribution in [3.8, 4) is 0 Å². The second-order valence-corrected chi connectivity index (χ2v) is 5.27. The van der Waals surface area contributed by atoms with Crippen LogP contribution in [0.1, 0.15) is 24.4 Å². The zero-order valence-corrected chi connectivity index (χ0v) is 11.8. The van der Waals surface area contributed by atoms with Crippen LogP contribution in [0.2, 0.25) is 0 Å². The molecule has 0 aliphatic carbocycles. The highest BCUT2D eigenvalue weighted by Crippen LogP contribution is 2.18. The van der Waals surface area contributed by atoms with Crippen molar-refractivity contribution in [2.75, 3.05) is 20.1 Å². The molecule has 20 heavy (non-hydrogen) atoms. The number of urea groups is 1. The molecule has 1 aromatic rings. The Bertz CT molecular complexity index is 497. The first-order chi connectivity index (χ1) is 9.47. The van der Waals surface area contributed by atoms with Gasteiger partial charge >= 0.3 is 12.0 Å². The van der Waals surface area contributed by atoms with Gasteiger partial charge in [0.05, 0.1) is 12.5 Å². The van der Waals surface area contributed by atoms with E-state index in [-0.39, 0.29) is 12.6 Å². The van der Waals surface area contributed by atoms with E-state index in [1.807, 2.05) is 19.1 Å². The molecule has 2 rings (SSSR count). The molecule has 1 saturated heterocycles. The van der Waals surface area contributed by atoms with Crippen LogP contribution >= 0.6 is 0 Å². The van der Waals surface area contributed by atoms with Crippen molar-refractivity contribution in [1.82, 2.24) is 9.80 Å². The van der Waals surface area contributed by atoms with Gasteiger partial charge < -0.3 is 19.3 Å². The summed E-state index contributed by atoms with van der Waals surface area (Å²) >= 11 is 0. The molecular weight excluding hydrogens is 260 g/mol. The number of carboxylic acid groups (broad SMARTS) is 1. The van der Waals surface area contributed by atoms with Gasteiger partial charge in [-0.2, -0.15) is 0 Å². The number of rotatable bonds is 3. The first-order valence-corrected chi connectivity index (χ1v) is 6.75. The van der Waals surface area contributed by atoms with E-state index in [0.717, 1.165) is 17.9 Å². The van der Waals surface area contributed by atoms with Crippen molar-refractivity contribution >= 4 is 12.0 Å². The smallest absolute Gasteiger partial charge is 0.320 e. The molecule has 0 bridgehead atoms. The number of carboxylic acids is 1. The van der Waals surface area contributed by atoms with Gasteiger partial charge in [-0.1, -0.05) is 0 Å². The number of carbonyl (C=O) groups is 2. The molecule has 1 N–H and O–H groups in total. The average molecular weight is 280 g/mol. The lowest BCUT2D eigenvalue weighted by Gasteiger charge is -2.33. The van der Waals surface area contributed by atoms with Gasteiger partial charge in [0, 0.05) is 20.1 Å². The molecule has 1 fully saturated rings. The number of aliphatic carboxylic acids is 1. The Balaban J connectivity index is 1.94. The highest BCUT2D eigenvalue weighted by atomic mass is 16.4. The summed E-state index contributed by atoms with van der Waals surface area (Å²) in [5.74, 6) is 0.258. The van der Waals surface area contributed by atoms with Gasteiger partial charge in [0.1, 0.15) is 11.5 Å². The number of piperidine rings is 1. The number of furan rings is 1. The van der Waals surface area contributed by atoms with Crippen molar-refractivity contribution in [3.05, 3.63) is 23.7 Å². The summed E-state index contributed by atoms with van der Waals surface area (Å²) in [5.41, 5.74) is 0. The summed E-state index contributed by atoms with van der Waals surface area (Å²) in [5, 5.41) is 9.05. The first kappa shape index (κ1) is 14.4. The van der Waals surface area contributed by atoms with Crippen LogP contribution in [-0.4, -0.2) is 47.0 Å². The van der Waals surface area contributed by atoms with Gasteiger partial charge in [0.25, 0.3) is 0 Å². The molecule has 1 atom stereocenters. The Labute approximate surface area is 118 Å². The third-order valence-electron chi connectivity index (χ3n) is 3.56. The van der Waals surface area contributed by atoms with E-state index in [9.17, 15) is 9.59 Å². The maximum Gasteiger partial charge on any atom is 0.320 e. The van der Waals surface area contributed by atoms with E-state index in [1.165, 1.54) is 0 Å². The van der Waals surface area contributed by atoms with Crippen molar-refractivity contribution in [3.63, 3.8) is 0 Å². The monoisotopic (exact) mass is 280 g/mol. The molecule has 1 aliphatic rings. The van der Waals surface area contributed by atoms with Crippen LogP contribution in [0.3, 0.4) is 0 Å². The van der Waals surface area contributed by atoms with Gasteiger partial charge in [-0.3, -0.25) is 4.79 Å². The van der Waals surface area contributed by atoms with Gasteiger partial charge in [0.15, 0.2) is 0 Å². The van der Waals surface area contributed by atoms with Crippen LogP contribution in [-0.2, 0) is 11.3 Å². The Morgan fingerprint density at radius 2 is 2.25 bits per heavy atom. The van der Waals surface area contributed by atoms with Crippen molar-refractivity contribution in [2.45, 2.75) is 26.3 Å². The summed E-state index contributed by atoms with van der Waals surface area (Å²) < 4.78 is 5.44. The van der Waals surface area contributed by atoms with Gasteiger partial charge in [-0.05, 0) is 31.9 Å². The maximum atomic E-state index is 12.3. The Morgan fingerprint density at radius 1 is 1.50 bits per heavy atom. The summed E-state index contributed by atoms with van der Waals surface area (Å²) in [6.45, 7) is 3.15. The molecule has 1 aromatic heterocycles. The Hall–Kier alpha value is -1.98. The minimum atomic E-state index is -0.827. The lowest BCUT2D eigenvalue weighted by molar-refractivity contribution is -0.143. The van der Waals surface area contributed by atoms with Crippen LogP contribution in [0, 0.1) is 12.8 Å². The van der Waals surface area contributed by atoms with Crippen molar-refractivity contribution < 1.29 is 19.1 Å². The maximum absolute atomic E-state index is 12.3. The van der Waals surface area contributed by atoms with Gasteiger partial charge in [-0.25, -0.2) is 4.79 Å². The summed E-state index contributed by atoms with van der Waals surface area (Å²) in [6, 6.07) is 3.55. The first-order valence-electron chi connectivity index (χ1n) is 6.75. The molecule has 0 aromatic carbocycles. The number of hydrogen-bond acceptors (Lipinski definition) is 3. The fourth-order valence-corrected chi connectivity index (χ4v) is 2.47. The lowest BCUT2D eigenvalue weighted by atomic mass is 9.99. The Kier molecular flexibility index (Phi) is 4.32. The molecule has 6 nitrogen and oxygen atoms in total. The standard InChI is InChI=1S/C14H20N2O4/c1-10-5-6-12(20-10)9-15(2)14(19)16-7-3-4-11(8-16)13(17)18/h5-6,11H,3-4,7-9H2,1-2H3,(H,17,18)/t11-/m1/s1. The molecule has 6 heteroatoms.